The molecule has 2 aromatic rings. The molecule has 4 rings (SSSR count). The van der Waals surface area contributed by atoms with E-state index in [-0.39, 0.29) is 36.5 Å². The fourth-order valence-corrected chi connectivity index (χ4v) is 3.06. The molecule has 0 radical (unpaired) electrons. The van der Waals surface area contributed by atoms with Gasteiger partial charge in [0.2, 0.25) is 0 Å². The average molecular weight is 368 g/mol. The summed E-state index contributed by atoms with van der Waals surface area (Å²) in [4.78, 5) is 42.3. The van der Waals surface area contributed by atoms with Gasteiger partial charge in [-0.25, -0.2) is 4.98 Å². The maximum Gasteiger partial charge on any atom is 0.266 e. The third-order valence-corrected chi connectivity index (χ3v) is 4.37. The molecule has 1 unspecified atom stereocenters. The van der Waals surface area contributed by atoms with Crippen LogP contribution in [0.15, 0.2) is 30.3 Å². The highest BCUT2D eigenvalue weighted by atomic mass is 16.5. The van der Waals surface area contributed by atoms with E-state index in [4.69, 9.17) is 15.2 Å². The maximum atomic E-state index is 13.0. The van der Waals surface area contributed by atoms with Crippen molar-refractivity contribution in [1.82, 2.24) is 4.98 Å². The molecule has 3 N–H and O–H groups in total. The van der Waals surface area contributed by atoms with Gasteiger partial charge in [0.1, 0.15) is 11.6 Å². The van der Waals surface area contributed by atoms with Crippen molar-refractivity contribution in [3.8, 4) is 11.5 Å². The lowest BCUT2D eigenvalue weighted by Gasteiger charge is -2.32. The van der Waals surface area contributed by atoms with Crippen molar-refractivity contribution in [1.29, 1.82) is 0 Å². The molecule has 27 heavy (non-hydrogen) atoms. The molecule has 0 bridgehead atoms. The van der Waals surface area contributed by atoms with Crippen LogP contribution in [0.5, 0.6) is 11.5 Å². The van der Waals surface area contributed by atoms with Crippen molar-refractivity contribution in [2.45, 2.75) is 13.0 Å². The van der Waals surface area contributed by atoms with Gasteiger partial charge in [-0.3, -0.25) is 19.3 Å². The number of aromatic nitrogens is 1. The number of pyridine rings is 1. The Morgan fingerprint density at radius 2 is 1.93 bits per heavy atom. The molecule has 0 saturated carbocycles. The van der Waals surface area contributed by atoms with E-state index in [9.17, 15) is 14.4 Å². The van der Waals surface area contributed by atoms with E-state index < -0.39 is 11.9 Å². The number of nitrogen functional groups attached to an aromatic ring is 1. The summed E-state index contributed by atoms with van der Waals surface area (Å²) in [6.07, 6.45) is 0. The molecule has 2 amide bonds. The summed E-state index contributed by atoms with van der Waals surface area (Å²) in [5.74, 6) is 0.291. The summed E-state index contributed by atoms with van der Waals surface area (Å²) < 4.78 is 10.7. The third-order valence-electron chi connectivity index (χ3n) is 4.37. The fraction of sp³-hybridized carbons (Fsp3) is 0.222. The van der Waals surface area contributed by atoms with Crippen LogP contribution in [0.25, 0.3) is 0 Å². The van der Waals surface area contributed by atoms with Crippen LogP contribution in [0.4, 0.5) is 17.3 Å². The van der Waals surface area contributed by atoms with Gasteiger partial charge in [0.15, 0.2) is 30.6 Å². The monoisotopic (exact) mass is 368 g/mol. The van der Waals surface area contributed by atoms with E-state index in [2.05, 4.69) is 10.3 Å². The molecule has 3 heterocycles. The smallest absolute Gasteiger partial charge is 0.266 e. The van der Waals surface area contributed by atoms with Crippen LogP contribution in [-0.2, 0) is 9.59 Å². The molecule has 0 aliphatic carbocycles. The van der Waals surface area contributed by atoms with Crippen LogP contribution in [0.1, 0.15) is 17.3 Å². The number of nitrogens with two attached hydrogens (primary N) is 1. The summed E-state index contributed by atoms with van der Waals surface area (Å²) >= 11 is 0. The molecule has 2 aliphatic heterocycles. The van der Waals surface area contributed by atoms with E-state index in [1.165, 1.54) is 11.0 Å². The number of fused-ring (bicyclic) bond motifs is 2. The van der Waals surface area contributed by atoms with Crippen molar-refractivity contribution >= 4 is 34.9 Å². The standard InChI is InChI=1S/C18H16N4O5/c1-9(22-16(24)8-27-13-4-5-14(19)21-18(13)22)17(25)10-2-3-12-11(6-10)20-15(23)7-26-12/h2-6,9H,7-8H2,1H3,(H2,19,21)(H,20,23). The van der Waals surface area contributed by atoms with Crippen LogP contribution in [0.3, 0.4) is 0 Å². The summed E-state index contributed by atoms with van der Waals surface area (Å²) in [5, 5.41) is 2.66. The van der Waals surface area contributed by atoms with Crippen molar-refractivity contribution in [3.63, 3.8) is 0 Å². The largest absolute Gasteiger partial charge is 0.482 e. The van der Waals surface area contributed by atoms with E-state index in [1.54, 1.807) is 31.2 Å². The van der Waals surface area contributed by atoms with Gasteiger partial charge in [-0.15, -0.1) is 0 Å². The second-order valence-corrected chi connectivity index (χ2v) is 6.20. The zero-order valence-electron chi connectivity index (χ0n) is 14.4. The van der Waals surface area contributed by atoms with Gasteiger partial charge in [-0.2, -0.15) is 0 Å². The lowest BCUT2D eigenvalue weighted by atomic mass is 10.0. The number of benzene rings is 1. The Morgan fingerprint density at radius 1 is 1.19 bits per heavy atom. The highest BCUT2D eigenvalue weighted by Gasteiger charge is 2.35. The predicted molar refractivity (Wildman–Crippen MR) is 96.0 cm³/mol. The number of carbonyl (C=O) groups is 3. The Labute approximate surface area is 154 Å². The van der Waals surface area contributed by atoms with Crippen molar-refractivity contribution in [3.05, 3.63) is 35.9 Å². The van der Waals surface area contributed by atoms with Crippen molar-refractivity contribution in [2.75, 3.05) is 29.2 Å². The Bertz CT molecular complexity index is 974. The first kappa shape index (κ1) is 16.8. The van der Waals surface area contributed by atoms with E-state index in [0.29, 0.717) is 22.7 Å². The maximum absolute atomic E-state index is 13.0. The zero-order chi connectivity index (χ0) is 19.1. The van der Waals surface area contributed by atoms with Gasteiger partial charge >= 0.3 is 0 Å². The van der Waals surface area contributed by atoms with E-state index in [1.807, 2.05) is 0 Å². The number of ether oxygens (including phenoxy) is 2. The second kappa shape index (κ2) is 6.27. The Balaban J connectivity index is 1.67. The SMILES string of the molecule is CC(C(=O)c1ccc2c(c1)NC(=O)CO2)N1C(=O)COc2ccc(N)nc21. The van der Waals surface area contributed by atoms with Crippen molar-refractivity contribution < 1.29 is 23.9 Å². The van der Waals surface area contributed by atoms with E-state index in [0.717, 1.165) is 0 Å². The molecule has 0 saturated heterocycles. The fourth-order valence-electron chi connectivity index (χ4n) is 3.06. The Hall–Kier alpha value is -3.62. The zero-order valence-corrected chi connectivity index (χ0v) is 14.4. The summed E-state index contributed by atoms with van der Waals surface area (Å²) in [5.41, 5.74) is 6.47. The number of anilines is 3. The highest BCUT2D eigenvalue weighted by Crippen LogP contribution is 2.34. The number of hydrogen-bond donors (Lipinski definition) is 2. The molecular formula is C18H16N4O5. The van der Waals surface area contributed by atoms with Gasteiger partial charge in [-0.1, -0.05) is 0 Å². The number of Topliss-reactive ketones (excluding diaryl/α,β-unsaturated/α-hetero) is 1. The quantitative estimate of drug-likeness (QED) is 0.774. The van der Waals surface area contributed by atoms with E-state index >= 15 is 0 Å². The minimum absolute atomic E-state index is 0.0666. The molecule has 0 fully saturated rings. The van der Waals surface area contributed by atoms with Gasteiger partial charge in [0.25, 0.3) is 11.8 Å². The van der Waals surface area contributed by atoms with Gasteiger partial charge in [0, 0.05) is 5.56 Å². The second-order valence-electron chi connectivity index (χ2n) is 6.20. The number of hydrogen-bond acceptors (Lipinski definition) is 7. The first-order valence-corrected chi connectivity index (χ1v) is 8.26. The first-order valence-electron chi connectivity index (χ1n) is 8.26. The minimum atomic E-state index is -0.840. The average Bonchev–Trinajstić information content (AvgIpc) is 2.66. The minimum Gasteiger partial charge on any atom is -0.482 e. The number of nitrogens with zero attached hydrogens (tertiary/aromatic N) is 2. The topological polar surface area (TPSA) is 124 Å². The number of ketones is 1. The van der Waals surface area contributed by atoms with Crippen LogP contribution in [0.2, 0.25) is 0 Å². The van der Waals surface area contributed by atoms with Crippen LogP contribution < -0.4 is 25.4 Å². The highest BCUT2D eigenvalue weighted by molar-refractivity contribution is 6.10. The molecule has 2 aliphatic rings. The molecular weight excluding hydrogens is 352 g/mol. The molecule has 1 atom stereocenters. The van der Waals surface area contributed by atoms with Crippen LogP contribution in [-0.4, -0.2) is 41.8 Å². The predicted octanol–water partition coefficient (Wildman–Crippen LogP) is 0.991. The first-order chi connectivity index (χ1) is 12.9. The number of nitrogens with one attached hydrogen (secondary N) is 1. The molecule has 138 valence electrons. The van der Waals surface area contributed by atoms with Crippen LogP contribution >= 0.6 is 0 Å². The van der Waals surface area contributed by atoms with Gasteiger partial charge < -0.3 is 20.5 Å². The lowest BCUT2D eigenvalue weighted by Crippen LogP contribution is -2.48. The Kier molecular flexibility index (Phi) is 3.91. The molecule has 1 aromatic heterocycles. The third kappa shape index (κ3) is 2.92. The summed E-state index contributed by atoms with van der Waals surface area (Å²) in [6, 6.07) is 7.07. The van der Waals surface area contributed by atoms with Crippen molar-refractivity contribution in [2.24, 2.45) is 0 Å². The molecule has 0 spiro atoms. The summed E-state index contributed by atoms with van der Waals surface area (Å²) in [6.45, 7) is 1.35. The molecule has 1 aromatic carbocycles. The van der Waals surface area contributed by atoms with Gasteiger partial charge in [-0.05, 0) is 37.3 Å². The van der Waals surface area contributed by atoms with Gasteiger partial charge in [0.05, 0.1) is 11.7 Å². The number of rotatable bonds is 3. The number of carbonyl (C=O) groups excluding carboxylic acids is 3. The molecule has 9 heteroatoms. The summed E-state index contributed by atoms with van der Waals surface area (Å²) in [7, 11) is 0. The normalized spacial score (nSPS) is 16.4. The Morgan fingerprint density at radius 3 is 2.74 bits per heavy atom. The van der Waals surface area contributed by atoms with Crippen LogP contribution in [0, 0.1) is 0 Å². The lowest BCUT2D eigenvalue weighted by molar-refractivity contribution is -0.121. The molecule has 9 nitrogen and oxygen atoms in total. The number of amides is 2.